The summed E-state index contributed by atoms with van der Waals surface area (Å²) in [7, 11) is 5.59. The van der Waals surface area contributed by atoms with Crippen molar-refractivity contribution < 1.29 is 14.3 Å². The normalized spacial score (nSPS) is 15.1. The molecule has 4 aromatic rings. The number of allylic oxidation sites excluding steroid dienone is 1. The minimum absolute atomic E-state index is 0.210. The number of hydrogen-bond acceptors (Lipinski definition) is 7. The lowest BCUT2D eigenvalue weighted by Crippen LogP contribution is -2.40. The third-order valence-corrected chi connectivity index (χ3v) is 8.01. The number of anilines is 1. The van der Waals surface area contributed by atoms with Crippen LogP contribution in [0.25, 0.3) is 16.8 Å². The maximum atomic E-state index is 14.2. The number of hydrogen-bond donors (Lipinski definition) is 0. The van der Waals surface area contributed by atoms with Crippen LogP contribution >= 0.6 is 11.3 Å². The van der Waals surface area contributed by atoms with Crippen molar-refractivity contribution in [3.63, 3.8) is 0 Å². The topological polar surface area (TPSA) is 73.1 Å². The number of thiazole rings is 1. The van der Waals surface area contributed by atoms with E-state index in [9.17, 15) is 9.59 Å². The van der Waals surface area contributed by atoms with Gasteiger partial charge in [-0.1, -0.05) is 67.1 Å². The molecule has 7 nitrogen and oxygen atoms in total. The predicted octanol–water partition coefficient (Wildman–Crippen LogP) is 4.81. The van der Waals surface area contributed by atoms with Crippen molar-refractivity contribution in [2.24, 2.45) is 4.99 Å². The van der Waals surface area contributed by atoms with Gasteiger partial charge in [-0.2, -0.15) is 0 Å². The molecular weight excluding hydrogens is 522 g/mol. The van der Waals surface area contributed by atoms with Crippen LogP contribution in [0.2, 0.25) is 0 Å². The maximum Gasteiger partial charge on any atom is 0.338 e. The van der Waals surface area contributed by atoms with Gasteiger partial charge in [0.15, 0.2) is 4.80 Å². The summed E-state index contributed by atoms with van der Waals surface area (Å²) in [4.78, 5) is 35.2. The van der Waals surface area contributed by atoms with E-state index in [0.717, 1.165) is 34.0 Å². The molecule has 1 aliphatic heterocycles. The molecule has 206 valence electrons. The summed E-state index contributed by atoms with van der Waals surface area (Å²) in [6.07, 6.45) is 3.25. The van der Waals surface area contributed by atoms with Crippen molar-refractivity contribution in [3.8, 4) is 5.75 Å². The van der Waals surface area contributed by atoms with Crippen LogP contribution in [-0.4, -0.2) is 38.3 Å². The van der Waals surface area contributed by atoms with Crippen molar-refractivity contribution in [3.05, 3.63) is 103 Å². The molecule has 40 heavy (non-hydrogen) atoms. The molecule has 0 radical (unpaired) electrons. The van der Waals surface area contributed by atoms with E-state index >= 15 is 0 Å². The second kappa shape index (κ2) is 11.5. The molecule has 5 rings (SSSR count). The highest BCUT2D eigenvalue weighted by Gasteiger charge is 2.37. The van der Waals surface area contributed by atoms with E-state index in [1.807, 2.05) is 92.7 Å². The molecule has 3 aromatic carbocycles. The van der Waals surface area contributed by atoms with Crippen molar-refractivity contribution >= 4 is 39.8 Å². The van der Waals surface area contributed by atoms with E-state index in [-0.39, 0.29) is 12.2 Å². The molecule has 1 unspecified atom stereocenters. The number of nitrogens with zero attached hydrogens (tertiary/aromatic N) is 3. The Morgan fingerprint density at radius 3 is 2.50 bits per heavy atom. The molecule has 1 aliphatic rings. The Kier molecular flexibility index (Phi) is 7.89. The number of carbonyl (C=O) groups is 1. The second-order valence-electron chi connectivity index (χ2n) is 9.80. The Labute approximate surface area is 237 Å². The number of aromatic nitrogens is 1. The lowest BCUT2D eigenvalue weighted by Gasteiger charge is -2.28. The predicted molar refractivity (Wildman–Crippen MR) is 161 cm³/mol. The third-order valence-electron chi connectivity index (χ3n) is 7.02. The minimum atomic E-state index is -0.754. The highest BCUT2D eigenvalue weighted by molar-refractivity contribution is 7.07. The zero-order chi connectivity index (χ0) is 28.4. The molecule has 0 bridgehead atoms. The fraction of sp³-hybridized carbons (Fsp3) is 0.281. The summed E-state index contributed by atoms with van der Waals surface area (Å²) >= 11 is 1.33. The van der Waals surface area contributed by atoms with E-state index in [1.165, 1.54) is 11.3 Å². The Balaban J connectivity index is 1.83. The van der Waals surface area contributed by atoms with Crippen molar-refractivity contribution in [2.45, 2.75) is 32.7 Å². The number of rotatable bonds is 8. The Bertz CT molecular complexity index is 1780. The van der Waals surface area contributed by atoms with Gasteiger partial charge in [0.05, 0.1) is 29.5 Å². The van der Waals surface area contributed by atoms with Gasteiger partial charge in [0.2, 0.25) is 0 Å². The Hall–Kier alpha value is -4.17. The molecule has 8 heteroatoms. The zero-order valence-corrected chi connectivity index (χ0v) is 24.2. The van der Waals surface area contributed by atoms with Gasteiger partial charge in [-0.25, -0.2) is 9.79 Å². The average Bonchev–Trinajstić information content (AvgIpc) is 3.26. The molecule has 0 aliphatic carbocycles. The lowest BCUT2D eigenvalue weighted by atomic mass is 9.90. The van der Waals surface area contributed by atoms with Gasteiger partial charge in [0.25, 0.3) is 5.56 Å². The smallest absolute Gasteiger partial charge is 0.338 e. The van der Waals surface area contributed by atoms with Gasteiger partial charge in [-0.15, -0.1) is 0 Å². The summed E-state index contributed by atoms with van der Waals surface area (Å²) in [5, 5.41) is 1.89. The summed E-state index contributed by atoms with van der Waals surface area (Å²) in [6.45, 7) is 4.04. The summed E-state index contributed by atoms with van der Waals surface area (Å²) in [6, 6.07) is 19.1. The van der Waals surface area contributed by atoms with E-state index < -0.39 is 12.0 Å². The van der Waals surface area contributed by atoms with Crippen LogP contribution in [0.4, 0.5) is 5.69 Å². The van der Waals surface area contributed by atoms with Crippen LogP contribution < -0.4 is 24.5 Å². The number of benzene rings is 3. The largest absolute Gasteiger partial charge is 0.496 e. The Morgan fingerprint density at radius 2 is 1.82 bits per heavy atom. The van der Waals surface area contributed by atoms with Gasteiger partial charge < -0.3 is 14.4 Å². The van der Waals surface area contributed by atoms with Crippen molar-refractivity contribution in [1.29, 1.82) is 0 Å². The third kappa shape index (κ3) is 4.95. The van der Waals surface area contributed by atoms with Crippen LogP contribution in [0.3, 0.4) is 0 Å². The monoisotopic (exact) mass is 555 g/mol. The van der Waals surface area contributed by atoms with E-state index in [2.05, 4.69) is 0 Å². The first kappa shape index (κ1) is 27.4. The molecular formula is C32H33N3O4S. The number of ether oxygens (including phenoxy) is 2. The number of fused-ring (bicyclic) bond motifs is 2. The lowest BCUT2D eigenvalue weighted by molar-refractivity contribution is -0.139. The first-order chi connectivity index (χ1) is 19.4. The quantitative estimate of drug-likeness (QED) is 0.292. The summed E-state index contributed by atoms with van der Waals surface area (Å²) in [5.41, 5.74) is 3.54. The summed E-state index contributed by atoms with van der Waals surface area (Å²) < 4.78 is 13.6. The first-order valence-corrected chi connectivity index (χ1v) is 14.2. The van der Waals surface area contributed by atoms with Crippen molar-refractivity contribution in [2.75, 3.05) is 32.7 Å². The second-order valence-corrected chi connectivity index (χ2v) is 10.8. The Morgan fingerprint density at radius 1 is 1.07 bits per heavy atom. The highest BCUT2D eigenvalue weighted by atomic mass is 32.1. The minimum Gasteiger partial charge on any atom is -0.496 e. The van der Waals surface area contributed by atoms with Crippen LogP contribution in [0.15, 0.2) is 81.7 Å². The van der Waals surface area contributed by atoms with Crippen molar-refractivity contribution in [1.82, 2.24) is 4.57 Å². The number of esters is 1. The molecule has 0 saturated heterocycles. The van der Waals surface area contributed by atoms with E-state index in [1.54, 1.807) is 18.6 Å². The fourth-order valence-corrected chi connectivity index (χ4v) is 6.17. The SMILES string of the molecule is CCCC1=C(C(=O)OCC)C(c2c(OC)ccc3ccccc23)n2c(s/c(=C\c3ccc(N(C)C)cc3)c2=O)=N1. The molecule has 0 amide bonds. The van der Waals surface area contributed by atoms with Crippen LogP contribution in [0, 0.1) is 0 Å². The van der Waals surface area contributed by atoms with E-state index in [0.29, 0.717) is 32.8 Å². The first-order valence-electron chi connectivity index (χ1n) is 13.4. The molecule has 1 aromatic heterocycles. The number of carbonyl (C=O) groups excluding carboxylic acids is 1. The number of methoxy groups -OCH3 is 1. The zero-order valence-electron chi connectivity index (χ0n) is 23.4. The van der Waals surface area contributed by atoms with Gasteiger partial charge in [-0.3, -0.25) is 9.36 Å². The molecule has 2 heterocycles. The maximum absolute atomic E-state index is 14.2. The molecule has 0 N–H and O–H groups in total. The molecule has 0 spiro atoms. The highest BCUT2D eigenvalue weighted by Crippen LogP contribution is 2.41. The van der Waals surface area contributed by atoms with Crippen LogP contribution in [0.1, 0.15) is 43.9 Å². The standard InChI is InChI=1S/C32H33N3O4S/c1-6-10-24-28(31(37)39-7-2)29(27-23-12-9-8-11-21(23)15-18-25(27)38-5)35-30(36)26(40-32(35)33-24)19-20-13-16-22(17-14-20)34(3)4/h8-9,11-19,29H,6-7,10H2,1-5H3/b26-19-. The molecule has 1 atom stereocenters. The average molecular weight is 556 g/mol. The van der Waals surface area contributed by atoms with Gasteiger partial charge in [0.1, 0.15) is 11.8 Å². The van der Waals surface area contributed by atoms with Gasteiger partial charge >= 0.3 is 5.97 Å². The van der Waals surface area contributed by atoms with Crippen LogP contribution in [0.5, 0.6) is 5.75 Å². The van der Waals surface area contributed by atoms with Gasteiger partial charge in [-0.05, 0) is 54.0 Å². The molecule has 0 saturated carbocycles. The van der Waals surface area contributed by atoms with Gasteiger partial charge in [0, 0.05) is 25.3 Å². The summed E-state index contributed by atoms with van der Waals surface area (Å²) in [5.74, 6) is 0.125. The molecule has 0 fully saturated rings. The fourth-order valence-electron chi connectivity index (χ4n) is 5.15. The van der Waals surface area contributed by atoms with E-state index in [4.69, 9.17) is 14.5 Å². The van der Waals surface area contributed by atoms with Crippen LogP contribution in [-0.2, 0) is 9.53 Å².